The van der Waals surface area contributed by atoms with Gasteiger partial charge in [0.2, 0.25) is 6.08 Å². The zero-order valence-corrected chi connectivity index (χ0v) is 6.53. The van der Waals surface area contributed by atoms with Crippen LogP contribution in [0, 0.1) is 0 Å². The molecule has 2 N–H and O–H groups in total. The molecule has 0 radical (unpaired) electrons. The molecule has 0 heterocycles. The number of nitrogens with zero attached hydrogens (tertiary/aromatic N) is 1. The third-order valence-electron chi connectivity index (χ3n) is 1.42. The molecule has 0 saturated heterocycles. The Morgan fingerprint density at radius 2 is 2.18 bits per heavy atom. The monoisotopic (exact) mass is 159 g/mol. The summed E-state index contributed by atoms with van der Waals surface area (Å²) in [6.07, 6.45) is 2.06. The minimum absolute atomic E-state index is 0.517. The molecule has 11 heavy (non-hydrogen) atoms. The molecule has 0 aromatic rings. The maximum absolute atomic E-state index is 9.77. The van der Waals surface area contributed by atoms with Gasteiger partial charge in [0, 0.05) is 0 Å². The van der Waals surface area contributed by atoms with Gasteiger partial charge in [-0.1, -0.05) is 19.8 Å². The van der Waals surface area contributed by atoms with Crippen molar-refractivity contribution in [3.05, 3.63) is 0 Å². The summed E-state index contributed by atoms with van der Waals surface area (Å²) in [5, 5.41) is 17.3. The molecule has 1 atom stereocenters. The van der Waals surface area contributed by atoms with E-state index in [0.29, 0.717) is 6.42 Å². The molecule has 4 nitrogen and oxygen atoms in total. The van der Waals surface area contributed by atoms with Gasteiger partial charge in [-0.05, 0) is 6.42 Å². The lowest BCUT2D eigenvalue weighted by Crippen LogP contribution is -2.23. The maximum Gasteiger partial charge on any atom is 0.235 e. The van der Waals surface area contributed by atoms with Gasteiger partial charge < -0.3 is 10.2 Å². The Kier molecular flexibility index (Phi) is 5.65. The van der Waals surface area contributed by atoms with Crippen LogP contribution < -0.4 is 0 Å². The number of unbranched alkanes of at least 4 members (excludes halogenated alkanes) is 1. The van der Waals surface area contributed by atoms with Crippen LogP contribution in [-0.4, -0.2) is 28.6 Å². The second-order valence-corrected chi connectivity index (χ2v) is 2.34. The lowest BCUT2D eigenvalue weighted by Gasteiger charge is -2.10. The minimum atomic E-state index is -1.54. The molecule has 64 valence electrons. The number of isocyanates is 1. The number of hydrogen-bond acceptors (Lipinski definition) is 4. The van der Waals surface area contributed by atoms with Crippen LogP contribution in [0.5, 0.6) is 0 Å². The summed E-state index contributed by atoms with van der Waals surface area (Å²) < 4.78 is 0. The molecule has 0 aliphatic rings. The smallest absolute Gasteiger partial charge is 0.235 e. The molecule has 0 spiro atoms. The molecule has 0 rings (SSSR count). The fraction of sp³-hybridized carbons (Fsp3) is 0.857. The van der Waals surface area contributed by atoms with Crippen molar-refractivity contribution in [2.24, 2.45) is 4.99 Å². The molecular weight excluding hydrogens is 146 g/mol. The second-order valence-electron chi connectivity index (χ2n) is 2.34. The molecule has 0 saturated carbocycles. The Labute approximate surface area is 65.6 Å². The van der Waals surface area contributed by atoms with Gasteiger partial charge in [-0.25, -0.2) is 4.79 Å². The first-order chi connectivity index (χ1) is 5.22. The number of rotatable bonds is 5. The van der Waals surface area contributed by atoms with E-state index in [0.717, 1.165) is 12.8 Å². The van der Waals surface area contributed by atoms with E-state index >= 15 is 0 Å². The van der Waals surface area contributed by atoms with Crippen LogP contribution in [-0.2, 0) is 4.79 Å². The summed E-state index contributed by atoms with van der Waals surface area (Å²) in [4.78, 5) is 13.0. The zero-order chi connectivity index (χ0) is 8.69. The molecule has 0 aromatic heterocycles. The number of hydrogen-bond donors (Lipinski definition) is 2. The average molecular weight is 159 g/mol. The lowest BCUT2D eigenvalue weighted by atomic mass is 10.1. The normalized spacial score (nSPS) is 12.7. The van der Waals surface area contributed by atoms with Crippen LogP contribution in [0.4, 0.5) is 0 Å². The van der Waals surface area contributed by atoms with Gasteiger partial charge in [0.15, 0.2) is 6.29 Å². The van der Waals surface area contributed by atoms with Gasteiger partial charge in [0.1, 0.15) is 6.04 Å². The molecule has 4 heteroatoms. The quantitative estimate of drug-likeness (QED) is 0.342. The van der Waals surface area contributed by atoms with Gasteiger partial charge in [-0.15, -0.1) is 0 Å². The number of carbonyl (C=O) groups excluding carboxylic acids is 1. The average Bonchev–Trinajstić information content (AvgIpc) is 1.97. The van der Waals surface area contributed by atoms with Crippen molar-refractivity contribution in [3.8, 4) is 0 Å². The molecule has 0 aromatic carbocycles. The van der Waals surface area contributed by atoms with Crippen molar-refractivity contribution in [3.63, 3.8) is 0 Å². The van der Waals surface area contributed by atoms with Gasteiger partial charge in [0.25, 0.3) is 0 Å². The predicted molar refractivity (Wildman–Crippen MR) is 39.7 cm³/mol. The van der Waals surface area contributed by atoms with Crippen molar-refractivity contribution in [2.75, 3.05) is 0 Å². The molecule has 0 aliphatic carbocycles. The third-order valence-corrected chi connectivity index (χ3v) is 1.42. The number of aliphatic imine (C=N–C) groups is 1. The van der Waals surface area contributed by atoms with Gasteiger partial charge in [0.05, 0.1) is 0 Å². The Balaban J connectivity index is 3.79. The summed E-state index contributed by atoms with van der Waals surface area (Å²) in [5.41, 5.74) is 0. The van der Waals surface area contributed by atoms with Crippen molar-refractivity contribution >= 4 is 6.08 Å². The number of aliphatic hydroxyl groups excluding tert-OH is 1. The fourth-order valence-corrected chi connectivity index (χ4v) is 0.761. The molecule has 0 aliphatic heterocycles. The summed E-state index contributed by atoms with van der Waals surface area (Å²) in [6.45, 7) is 1.98. The Hall–Kier alpha value is -0.700. The van der Waals surface area contributed by atoms with E-state index in [1.54, 1.807) is 0 Å². The topological polar surface area (TPSA) is 69.9 Å². The van der Waals surface area contributed by atoms with E-state index < -0.39 is 12.3 Å². The second kappa shape index (κ2) is 6.04. The molecular formula is C7H13NO3. The minimum Gasteiger partial charge on any atom is -0.366 e. The lowest BCUT2D eigenvalue weighted by molar-refractivity contribution is -0.0592. The van der Waals surface area contributed by atoms with E-state index in [4.69, 9.17) is 10.2 Å². The van der Waals surface area contributed by atoms with Crippen molar-refractivity contribution < 1.29 is 15.0 Å². The molecule has 0 bridgehead atoms. The summed E-state index contributed by atoms with van der Waals surface area (Å²) in [7, 11) is 0. The maximum atomic E-state index is 9.77. The largest absolute Gasteiger partial charge is 0.366 e. The molecule has 0 amide bonds. The van der Waals surface area contributed by atoms with E-state index in [1.165, 1.54) is 6.08 Å². The van der Waals surface area contributed by atoms with E-state index in [2.05, 4.69) is 4.99 Å². The highest BCUT2D eigenvalue weighted by molar-refractivity contribution is 5.33. The Morgan fingerprint density at radius 3 is 2.55 bits per heavy atom. The van der Waals surface area contributed by atoms with E-state index in [1.807, 2.05) is 6.92 Å². The molecule has 0 fully saturated rings. The Bertz CT molecular complexity index is 141. The zero-order valence-electron chi connectivity index (χ0n) is 6.53. The molecule has 1 unspecified atom stereocenters. The van der Waals surface area contributed by atoms with Crippen molar-refractivity contribution in [1.82, 2.24) is 0 Å². The predicted octanol–water partition coefficient (Wildman–Crippen LogP) is 0.192. The van der Waals surface area contributed by atoms with Gasteiger partial charge >= 0.3 is 0 Å². The summed E-state index contributed by atoms with van der Waals surface area (Å²) in [5.74, 6) is 0. The fourth-order valence-electron chi connectivity index (χ4n) is 0.761. The van der Waals surface area contributed by atoms with Crippen molar-refractivity contribution in [2.45, 2.75) is 38.5 Å². The highest BCUT2D eigenvalue weighted by Gasteiger charge is 2.13. The standard InChI is InChI=1S/C7H13NO3/c1-2-3-4-6(7(10)11)8-5-9/h6-7,10-11H,2-4H2,1H3. The highest BCUT2D eigenvalue weighted by Crippen LogP contribution is 2.06. The van der Waals surface area contributed by atoms with Crippen LogP contribution in [0.2, 0.25) is 0 Å². The van der Waals surface area contributed by atoms with Gasteiger partial charge in [-0.2, -0.15) is 4.99 Å². The SMILES string of the molecule is CCCCC(N=C=O)C(O)O. The van der Waals surface area contributed by atoms with Gasteiger partial charge in [-0.3, -0.25) is 0 Å². The van der Waals surface area contributed by atoms with Crippen LogP contribution in [0.3, 0.4) is 0 Å². The van der Waals surface area contributed by atoms with Crippen LogP contribution in [0.25, 0.3) is 0 Å². The first-order valence-electron chi connectivity index (χ1n) is 3.65. The van der Waals surface area contributed by atoms with Crippen LogP contribution in [0.1, 0.15) is 26.2 Å². The summed E-state index contributed by atoms with van der Waals surface area (Å²) >= 11 is 0. The van der Waals surface area contributed by atoms with Crippen LogP contribution in [0.15, 0.2) is 4.99 Å². The third kappa shape index (κ3) is 4.67. The first-order valence-corrected chi connectivity index (χ1v) is 3.65. The van der Waals surface area contributed by atoms with Crippen LogP contribution >= 0.6 is 0 Å². The Morgan fingerprint density at radius 1 is 1.55 bits per heavy atom. The van der Waals surface area contributed by atoms with Crippen molar-refractivity contribution in [1.29, 1.82) is 0 Å². The first kappa shape index (κ1) is 10.3. The summed E-state index contributed by atoms with van der Waals surface area (Å²) in [6, 6.07) is -0.701. The van der Waals surface area contributed by atoms with E-state index in [-0.39, 0.29) is 0 Å². The van der Waals surface area contributed by atoms with E-state index in [9.17, 15) is 4.79 Å². The highest BCUT2D eigenvalue weighted by atomic mass is 16.5. The number of aliphatic hydroxyl groups is 2.